The van der Waals surface area contributed by atoms with E-state index in [0.717, 1.165) is 13.1 Å². The van der Waals surface area contributed by atoms with E-state index >= 15 is 0 Å². The number of hydrogen-bond acceptors (Lipinski definition) is 3. The minimum atomic E-state index is 0.301. The molecule has 1 fully saturated rings. The third-order valence-corrected chi connectivity index (χ3v) is 4.73. The SMILES string of the molecule is CSc1cccc(N2CC(C(C)(C)C)NCC2C)c1. The molecule has 1 aromatic rings. The van der Waals surface area contributed by atoms with Gasteiger partial charge < -0.3 is 10.2 Å². The number of anilines is 1. The van der Waals surface area contributed by atoms with Crippen molar-refractivity contribution in [3.63, 3.8) is 0 Å². The lowest BCUT2D eigenvalue weighted by Gasteiger charge is -2.45. The average molecular weight is 278 g/mol. The maximum absolute atomic E-state index is 3.69. The van der Waals surface area contributed by atoms with Crippen LogP contribution in [0.4, 0.5) is 5.69 Å². The Hall–Kier alpha value is -0.670. The molecule has 0 aromatic heterocycles. The highest BCUT2D eigenvalue weighted by Crippen LogP contribution is 2.29. The molecular formula is C16H26N2S. The van der Waals surface area contributed by atoms with Gasteiger partial charge in [-0.15, -0.1) is 11.8 Å². The number of hydrogen-bond donors (Lipinski definition) is 1. The van der Waals surface area contributed by atoms with Crippen LogP contribution in [0.15, 0.2) is 29.2 Å². The zero-order valence-corrected chi connectivity index (χ0v) is 13.6. The third kappa shape index (κ3) is 3.46. The lowest BCUT2D eigenvalue weighted by Crippen LogP contribution is -2.59. The summed E-state index contributed by atoms with van der Waals surface area (Å²) >= 11 is 1.81. The Labute approximate surface area is 122 Å². The van der Waals surface area contributed by atoms with E-state index in [9.17, 15) is 0 Å². The monoisotopic (exact) mass is 278 g/mol. The van der Waals surface area contributed by atoms with E-state index in [1.54, 1.807) is 0 Å². The van der Waals surface area contributed by atoms with Crippen molar-refractivity contribution in [2.45, 2.75) is 44.7 Å². The average Bonchev–Trinajstić information content (AvgIpc) is 2.38. The second-order valence-electron chi connectivity index (χ2n) is 6.53. The van der Waals surface area contributed by atoms with Crippen LogP contribution in [0.3, 0.4) is 0 Å². The molecule has 2 rings (SSSR count). The minimum absolute atomic E-state index is 0.301. The van der Waals surface area contributed by atoms with Crippen molar-refractivity contribution in [1.29, 1.82) is 0 Å². The molecule has 0 bridgehead atoms. The van der Waals surface area contributed by atoms with Gasteiger partial charge in [0.25, 0.3) is 0 Å². The number of rotatable bonds is 2. The van der Waals surface area contributed by atoms with E-state index in [2.05, 4.69) is 68.4 Å². The summed E-state index contributed by atoms with van der Waals surface area (Å²) in [5.41, 5.74) is 1.66. The van der Waals surface area contributed by atoms with Crippen LogP contribution < -0.4 is 10.2 Å². The molecule has 2 unspecified atom stereocenters. The van der Waals surface area contributed by atoms with Gasteiger partial charge in [0, 0.05) is 35.8 Å². The summed E-state index contributed by atoms with van der Waals surface area (Å²) in [6.07, 6.45) is 2.14. The van der Waals surface area contributed by atoms with Gasteiger partial charge in [-0.2, -0.15) is 0 Å². The standard InChI is InChI=1S/C16H26N2S/c1-12-10-17-15(16(2,3)4)11-18(12)13-7-6-8-14(9-13)19-5/h6-9,12,15,17H,10-11H2,1-5H3. The van der Waals surface area contributed by atoms with Crippen molar-refractivity contribution in [3.8, 4) is 0 Å². The molecule has 1 aromatic carbocycles. The maximum atomic E-state index is 3.69. The lowest BCUT2D eigenvalue weighted by atomic mass is 9.84. The maximum Gasteiger partial charge on any atom is 0.0387 e. The van der Waals surface area contributed by atoms with E-state index in [-0.39, 0.29) is 0 Å². The Bertz CT molecular complexity index is 425. The van der Waals surface area contributed by atoms with Crippen LogP contribution in [-0.2, 0) is 0 Å². The van der Waals surface area contributed by atoms with Gasteiger partial charge in [-0.25, -0.2) is 0 Å². The Morgan fingerprint density at radius 2 is 2.05 bits per heavy atom. The fourth-order valence-corrected chi connectivity index (χ4v) is 3.05. The first-order valence-corrected chi connectivity index (χ1v) is 8.28. The zero-order valence-electron chi connectivity index (χ0n) is 12.7. The molecule has 0 aliphatic carbocycles. The Kier molecular flexibility index (Phi) is 4.46. The number of piperazine rings is 1. The van der Waals surface area contributed by atoms with E-state index in [1.807, 2.05) is 11.8 Å². The molecular weight excluding hydrogens is 252 g/mol. The summed E-state index contributed by atoms with van der Waals surface area (Å²) in [5, 5.41) is 3.69. The summed E-state index contributed by atoms with van der Waals surface area (Å²) < 4.78 is 0. The van der Waals surface area contributed by atoms with Crippen molar-refractivity contribution < 1.29 is 0 Å². The largest absolute Gasteiger partial charge is 0.366 e. The summed E-state index contributed by atoms with van der Waals surface area (Å²) in [6.45, 7) is 11.4. The number of thioether (sulfide) groups is 1. The molecule has 106 valence electrons. The quantitative estimate of drug-likeness (QED) is 0.832. The molecule has 0 radical (unpaired) electrons. The number of benzene rings is 1. The molecule has 1 saturated heterocycles. The van der Waals surface area contributed by atoms with Crippen molar-refractivity contribution >= 4 is 17.4 Å². The van der Waals surface area contributed by atoms with E-state index < -0.39 is 0 Å². The Morgan fingerprint density at radius 3 is 2.68 bits per heavy atom. The van der Waals surface area contributed by atoms with Gasteiger partial charge in [-0.3, -0.25) is 0 Å². The van der Waals surface area contributed by atoms with Crippen LogP contribution in [0.25, 0.3) is 0 Å². The molecule has 19 heavy (non-hydrogen) atoms. The summed E-state index contributed by atoms with van der Waals surface area (Å²) in [4.78, 5) is 3.89. The number of nitrogens with zero attached hydrogens (tertiary/aromatic N) is 1. The van der Waals surface area contributed by atoms with Gasteiger partial charge in [-0.05, 0) is 36.8 Å². The summed E-state index contributed by atoms with van der Waals surface area (Å²) in [7, 11) is 0. The van der Waals surface area contributed by atoms with Crippen LogP contribution in [0.5, 0.6) is 0 Å². The second-order valence-corrected chi connectivity index (χ2v) is 7.41. The molecule has 2 atom stereocenters. The van der Waals surface area contributed by atoms with Gasteiger partial charge in [0.15, 0.2) is 0 Å². The highest BCUT2D eigenvalue weighted by Gasteiger charge is 2.32. The third-order valence-electron chi connectivity index (χ3n) is 4.00. The predicted molar refractivity (Wildman–Crippen MR) is 86.3 cm³/mol. The molecule has 0 saturated carbocycles. The molecule has 0 amide bonds. The van der Waals surface area contributed by atoms with Gasteiger partial charge in [0.05, 0.1) is 0 Å². The summed E-state index contributed by atoms with van der Waals surface area (Å²) in [6, 6.07) is 10.00. The first-order valence-electron chi connectivity index (χ1n) is 7.06. The molecule has 1 aliphatic heterocycles. The first kappa shape index (κ1) is 14.7. The van der Waals surface area contributed by atoms with E-state index in [0.29, 0.717) is 17.5 Å². The topological polar surface area (TPSA) is 15.3 Å². The predicted octanol–water partition coefficient (Wildman–Crippen LogP) is 3.62. The van der Waals surface area contributed by atoms with Gasteiger partial charge >= 0.3 is 0 Å². The van der Waals surface area contributed by atoms with Crippen LogP contribution in [0.2, 0.25) is 0 Å². The Balaban J connectivity index is 2.21. The van der Waals surface area contributed by atoms with Gasteiger partial charge in [0.2, 0.25) is 0 Å². The van der Waals surface area contributed by atoms with Crippen LogP contribution in [-0.4, -0.2) is 31.4 Å². The molecule has 3 heteroatoms. The highest BCUT2D eigenvalue weighted by molar-refractivity contribution is 7.98. The van der Waals surface area contributed by atoms with Crippen LogP contribution >= 0.6 is 11.8 Å². The van der Waals surface area contributed by atoms with Crippen molar-refractivity contribution in [3.05, 3.63) is 24.3 Å². The van der Waals surface area contributed by atoms with Crippen molar-refractivity contribution in [1.82, 2.24) is 5.32 Å². The minimum Gasteiger partial charge on any atom is -0.366 e. The first-order chi connectivity index (χ1) is 8.91. The zero-order chi connectivity index (χ0) is 14.0. The molecule has 0 spiro atoms. The fourth-order valence-electron chi connectivity index (χ4n) is 2.59. The lowest BCUT2D eigenvalue weighted by molar-refractivity contribution is 0.239. The molecule has 1 N–H and O–H groups in total. The fraction of sp³-hybridized carbons (Fsp3) is 0.625. The number of nitrogens with one attached hydrogen (secondary N) is 1. The smallest absolute Gasteiger partial charge is 0.0387 e. The molecule has 1 heterocycles. The van der Waals surface area contributed by atoms with Crippen molar-refractivity contribution in [2.75, 3.05) is 24.2 Å². The van der Waals surface area contributed by atoms with Gasteiger partial charge in [0.1, 0.15) is 0 Å². The van der Waals surface area contributed by atoms with Crippen molar-refractivity contribution in [2.24, 2.45) is 5.41 Å². The second kappa shape index (κ2) is 5.76. The van der Waals surface area contributed by atoms with E-state index in [1.165, 1.54) is 10.6 Å². The molecule has 1 aliphatic rings. The highest BCUT2D eigenvalue weighted by atomic mass is 32.2. The van der Waals surface area contributed by atoms with Crippen LogP contribution in [0.1, 0.15) is 27.7 Å². The van der Waals surface area contributed by atoms with Crippen LogP contribution in [0, 0.1) is 5.41 Å². The molecule has 2 nitrogen and oxygen atoms in total. The normalized spacial score (nSPS) is 24.6. The summed E-state index contributed by atoms with van der Waals surface area (Å²) in [5.74, 6) is 0. The van der Waals surface area contributed by atoms with Gasteiger partial charge in [-0.1, -0.05) is 26.8 Å². The Morgan fingerprint density at radius 1 is 1.32 bits per heavy atom. The van der Waals surface area contributed by atoms with E-state index in [4.69, 9.17) is 0 Å².